The van der Waals surface area contributed by atoms with Gasteiger partial charge in [-0.2, -0.15) is 4.31 Å². The summed E-state index contributed by atoms with van der Waals surface area (Å²) in [6.45, 7) is 4.00. The topological polar surface area (TPSA) is 153 Å². The van der Waals surface area contributed by atoms with E-state index in [-0.39, 0.29) is 18.7 Å². The molecule has 182 valence electrons. The molecule has 0 spiro atoms. The zero-order valence-electron chi connectivity index (χ0n) is 19.0. The lowest BCUT2D eigenvalue weighted by atomic mass is 10.1. The molecule has 1 fully saturated rings. The molecule has 0 aliphatic carbocycles. The van der Waals surface area contributed by atoms with Crippen molar-refractivity contribution in [2.24, 2.45) is 0 Å². The van der Waals surface area contributed by atoms with Gasteiger partial charge < -0.3 is 4.90 Å². The molecule has 0 atom stereocenters. The van der Waals surface area contributed by atoms with Gasteiger partial charge in [-0.3, -0.25) is 20.2 Å². The first-order valence-corrected chi connectivity index (χ1v) is 12.1. The summed E-state index contributed by atoms with van der Waals surface area (Å²) in [7, 11) is -4.18. The van der Waals surface area contributed by atoms with Crippen molar-refractivity contribution in [3.8, 4) is 11.3 Å². The Morgan fingerprint density at radius 2 is 1.46 bits per heavy atom. The normalized spacial score (nSPS) is 14.6. The van der Waals surface area contributed by atoms with Gasteiger partial charge in [0, 0.05) is 43.9 Å². The second-order valence-corrected chi connectivity index (χ2v) is 10.0. The maximum atomic E-state index is 13.2. The summed E-state index contributed by atoms with van der Waals surface area (Å²) in [6.07, 6.45) is 0. The van der Waals surface area contributed by atoms with Gasteiger partial charge in [0.25, 0.3) is 11.4 Å². The molecule has 1 aromatic heterocycles. The SMILES string of the molecule is Cc1ccccc1-c1ccc(N2CCN(S(=O)(=O)c3cc([N+](=O)[O-])c(C)c([N+](=O)[O-])c3)CC2)nn1. The molecular weight excluding hydrogens is 476 g/mol. The summed E-state index contributed by atoms with van der Waals surface area (Å²) < 4.78 is 27.5. The standard InChI is InChI=1S/C22H22N6O6S/c1-15-5-3-4-6-18(15)19-7-8-22(24-23-19)25-9-11-26(12-10-25)35(33,34)17-13-20(27(29)30)16(2)21(14-17)28(31)32/h3-8,13-14H,9-12H2,1-2H3. The Morgan fingerprint density at radius 3 is 1.97 bits per heavy atom. The van der Waals surface area contributed by atoms with E-state index >= 15 is 0 Å². The van der Waals surface area contributed by atoms with Crippen molar-refractivity contribution in [2.75, 3.05) is 31.1 Å². The summed E-state index contributed by atoms with van der Waals surface area (Å²) in [6, 6.07) is 13.3. The van der Waals surface area contributed by atoms with E-state index in [2.05, 4.69) is 10.2 Å². The molecule has 1 aliphatic heterocycles. The van der Waals surface area contributed by atoms with Crippen LogP contribution in [0, 0.1) is 34.1 Å². The average molecular weight is 499 g/mol. The van der Waals surface area contributed by atoms with E-state index in [1.54, 1.807) is 0 Å². The number of benzene rings is 2. The summed E-state index contributed by atoms with van der Waals surface area (Å²) in [5.41, 5.74) is 1.36. The number of hydrogen-bond donors (Lipinski definition) is 0. The molecule has 12 nitrogen and oxygen atoms in total. The number of nitrogens with zero attached hydrogens (tertiary/aromatic N) is 6. The van der Waals surface area contributed by atoms with E-state index < -0.39 is 36.1 Å². The van der Waals surface area contributed by atoms with Crippen LogP contribution >= 0.6 is 0 Å². The predicted octanol–water partition coefficient (Wildman–Crippen LogP) is 3.09. The fourth-order valence-corrected chi connectivity index (χ4v) is 5.45. The van der Waals surface area contributed by atoms with Gasteiger partial charge in [0.2, 0.25) is 10.0 Å². The molecule has 2 aromatic carbocycles. The first-order chi connectivity index (χ1) is 16.6. The van der Waals surface area contributed by atoms with Crippen molar-refractivity contribution in [1.82, 2.24) is 14.5 Å². The van der Waals surface area contributed by atoms with Gasteiger partial charge in [0.05, 0.1) is 20.4 Å². The van der Waals surface area contributed by atoms with E-state index in [9.17, 15) is 28.6 Å². The average Bonchev–Trinajstić information content (AvgIpc) is 2.84. The monoisotopic (exact) mass is 498 g/mol. The maximum Gasteiger partial charge on any atom is 0.280 e. The molecule has 1 aliphatic rings. The Hall–Kier alpha value is -3.97. The van der Waals surface area contributed by atoms with Crippen LogP contribution in [-0.2, 0) is 10.0 Å². The highest BCUT2D eigenvalue weighted by atomic mass is 32.2. The highest BCUT2D eigenvalue weighted by Gasteiger charge is 2.33. The van der Waals surface area contributed by atoms with Crippen LogP contribution in [-0.4, -0.2) is 58.9 Å². The van der Waals surface area contributed by atoms with Crippen molar-refractivity contribution >= 4 is 27.2 Å². The third-order valence-corrected chi connectivity index (χ3v) is 7.87. The van der Waals surface area contributed by atoms with Crippen molar-refractivity contribution in [3.05, 3.63) is 79.9 Å². The number of hydrogen-bond acceptors (Lipinski definition) is 9. The van der Waals surface area contributed by atoms with Crippen molar-refractivity contribution in [1.29, 1.82) is 0 Å². The van der Waals surface area contributed by atoms with Gasteiger partial charge >= 0.3 is 0 Å². The number of piperazine rings is 1. The Bertz CT molecular complexity index is 1370. The van der Waals surface area contributed by atoms with Gasteiger partial charge in [0.1, 0.15) is 5.56 Å². The molecule has 0 unspecified atom stereocenters. The first-order valence-electron chi connectivity index (χ1n) is 10.7. The van der Waals surface area contributed by atoms with Gasteiger partial charge in [-0.25, -0.2) is 8.42 Å². The second-order valence-electron chi connectivity index (χ2n) is 8.08. The minimum absolute atomic E-state index is 0.0824. The molecule has 35 heavy (non-hydrogen) atoms. The summed E-state index contributed by atoms with van der Waals surface area (Å²) >= 11 is 0. The number of aryl methyl sites for hydroxylation is 1. The third kappa shape index (κ3) is 4.68. The fourth-order valence-electron chi connectivity index (χ4n) is 3.99. The van der Waals surface area contributed by atoms with Crippen molar-refractivity contribution < 1.29 is 18.3 Å². The van der Waals surface area contributed by atoms with E-state index in [0.717, 1.165) is 33.3 Å². The summed E-state index contributed by atoms with van der Waals surface area (Å²) in [5, 5.41) is 31.3. The Labute approximate surface area is 201 Å². The minimum atomic E-state index is -4.18. The van der Waals surface area contributed by atoms with Crippen LogP contribution < -0.4 is 4.90 Å². The minimum Gasteiger partial charge on any atom is -0.352 e. The van der Waals surface area contributed by atoms with E-state index in [4.69, 9.17) is 0 Å². The third-order valence-electron chi connectivity index (χ3n) is 5.99. The van der Waals surface area contributed by atoms with Gasteiger partial charge in [-0.1, -0.05) is 24.3 Å². The number of anilines is 1. The highest BCUT2D eigenvalue weighted by Crippen LogP contribution is 2.33. The first kappa shape index (κ1) is 24.2. The molecule has 0 N–H and O–H groups in total. The Balaban J connectivity index is 1.52. The zero-order valence-corrected chi connectivity index (χ0v) is 19.8. The molecule has 4 rings (SSSR count). The van der Waals surface area contributed by atoms with Crippen LogP contribution in [0.25, 0.3) is 11.3 Å². The number of nitro groups is 2. The van der Waals surface area contributed by atoms with E-state index in [0.29, 0.717) is 18.9 Å². The molecule has 0 bridgehead atoms. The molecule has 0 radical (unpaired) electrons. The maximum absolute atomic E-state index is 13.2. The van der Waals surface area contributed by atoms with Crippen molar-refractivity contribution in [2.45, 2.75) is 18.7 Å². The fraction of sp³-hybridized carbons (Fsp3) is 0.273. The molecular formula is C22H22N6O6S. The van der Waals surface area contributed by atoms with Crippen LogP contribution in [0.4, 0.5) is 17.2 Å². The number of aromatic nitrogens is 2. The molecule has 13 heteroatoms. The molecule has 0 saturated carbocycles. The number of sulfonamides is 1. The van der Waals surface area contributed by atoms with Gasteiger partial charge in [-0.05, 0) is 31.5 Å². The molecule has 0 amide bonds. The van der Waals surface area contributed by atoms with Crippen LogP contribution in [0.15, 0.2) is 53.4 Å². The predicted molar refractivity (Wildman–Crippen MR) is 128 cm³/mol. The summed E-state index contributed by atoms with van der Waals surface area (Å²) in [4.78, 5) is 22.5. The van der Waals surface area contributed by atoms with Crippen LogP contribution in [0.3, 0.4) is 0 Å². The van der Waals surface area contributed by atoms with E-state index in [1.807, 2.05) is 48.2 Å². The lowest BCUT2D eigenvalue weighted by molar-refractivity contribution is -0.395. The number of nitro benzene ring substituents is 2. The highest BCUT2D eigenvalue weighted by molar-refractivity contribution is 7.89. The Morgan fingerprint density at radius 1 is 0.857 bits per heavy atom. The second kappa shape index (κ2) is 9.35. The van der Waals surface area contributed by atoms with Crippen LogP contribution in [0.1, 0.15) is 11.1 Å². The number of rotatable bonds is 6. The largest absolute Gasteiger partial charge is 0.352 e. The quantitative estimate of drug-likeness (QED) is 0.368. The van der Waals surface area contributed by atoms with Crippen molar-refractivity contribution in [3.63, 3.8) is 0 Å². The molecule has 2 heterocycles. The zero-order chi connectivity index (χ0) is 25.3. The lowest BCUT2D eigenvalue weighted by Crippen LogP contribution is -2.49. The molecule has 3 aromatic rings. The Kier molecular flexibility index (Phi) is 6.45. The van der Waals surface area contributed by atoms with Crippen LogP contribution in [0.2, 0.25) is 0 Å². The summed E-state index contributed by atoms with van der Waals surface area (Å²) in [5.74, 6) is 0.598. The smallest absolute Gasteiger partial charge is 0.280 e. The van der Waals surface area contributed by atoms with Gasteiger partial charge in [-0.15, -0.1) is 10.2 Å². The molecule has 1 saturated heterocycles. The van der Waals surface area contributed by atoms with Crippen LogP contribution in [0.5, 0.6) is 0 Å². The van der Waals surface area contributed by atoms with Gasteiger partial charge in [0.15, 0.2) is 5.82 Å². The van der Waals surface area contributed by atoms with E-state index in [1.165, 1.54) is 6.92 Å². The lowest BCUT2D eigenvalue weighted by Gasteiger charge is -2.34.